The molecule has 0 saturated carbocycles. The second kappa shape index (κ2) is 5.38. The van der Waals surface area contributed by atoms with E-state index in [0.29, 0.717) is 21.2 Å². The summed E-state index contributed by atoms with van der Waals surface area (Å²) in [6.07, 6.45) is 0. The van der Waals surface area contributed by atoms with E-state index in [4.69, 9.17) is 23.2 Å². The van der Waals surface area contributed by atoms with Crippen molar-refractivity contribution in [3.05, 3.63) is 69.7 Å². The molecule has 20 heavy (non-hydrogen) atoms. The molecule has 2 aromatic rings. The molecule has 0 saturated heterocycles. The Kier molecular flexibility index (Phi) is 4.12. The van der Waals surface area contributed by atoms with Crippen molar-refractivity contribution in [1.29, 1.82) is 0 Å². The molecule has 0 amide bonds. The maximum Gasteiger partial charge on any atom is 0.119 e. The monoisotopic (exact) mass is 310 g/mol. The molecule has 2 nitrogen and oxygen atoms in total. The lowest BCUT2D eigenvalue weighted by atomic mass is 9.76. The summed E-state index contributed by atoms with van der Waals surface area (Å²) in [5.74, 6) is 0. The first kappa shape index (κ1) is 15.3. The van der Waals surface area contributed by atoms with Crippen LogP contribution < -0.4 is 0 Å². The van der Waals surface area contributed by atoms with Crippen LogP contribution in [0.25, 0.3) is 0 Å². The Morgan fingerprint density at radius 3 is 1.40 bits per heavy atom. The van der Waals surface area contributed by atoms with Crippen molar-refractivity contribution in [2.75, 3.05) is 0 Å². The average molecular weight is 311 g/mol. The van der Waals surface area contributed by atoms with Gasteiger partial charge in [0.2, 0.25) is 0 Å². The lowest BCUT2D eigenvalue weighted by Crippen LogP contribution is -2.45. The standard InChI is InChI=1S/C16H16Cl2O2/c1-15(19,11-5-3-7-13(17)9-11)16(2,20)12-6-4-8-14(18)10-12/h3-10,19-20H,1-2H3/t15-,16-/m0/s1. The molecule has 2 N–H and O–H groups in total. The van der Waals surface area contributed by atoms with Crippen LogP contribution >= 0.6 is 23.2 Å². The third kappa shape index (κ3) is 2.70. The largest absolute Gasteiger partial charge is 0.382 e. The molecule has 0 radical (unpaired) electrons. The number of aliphatic hydroxyl groups is 2. The fourth-order valence-electron chi connectivity index (χ4n) is 2.14. The van der Waals surface area contributed by atoms with E-state index < -0.39 is 11.2 Å². The van der Waals surface area contributed by atoms with E-state index >= 15 is 0 Å². The Bertz CT molecular complexity index is 566. The molecule has 0 aromatic heterocycles. The van der Waals surface area contributed by atoms with Gasteiger partial charge in [-0.15, -0.1) is 0 Å². The van der Waals surface area contributed by atoms with Crippen LogP contribution in [0.15, 0.2) is 48.5 Å². The van der Waals surface area contributed by atoms with Gasteiger partial charge in [0.05, 0.1) is 0 Å². The molecule has 0 heterocycles. The summed E-state index contributed by atoms with van der Waals surface area (Å²) < 4.78 is 0. The topological polar surface area (TPSA) is 40.5 Å². The quantitative estimate of drug-likeness (QED) is 0.895. The smallest absolute Gasteiger partial charge is 0.119 e. The van der Waals surface area contributed by atoms with Crippen molar-refractivity contribution in [2.24, 2.45) is 0 Å². The molecule has 0 fully saturated rings. The predicted molar refractivity (Wildman–Crippen MR) is 82.0 cm³/mol. The molecule has 0 bridgehead atoms. The van der Waals surface area contributed by atoms with Crippen LogP contribution in [0.2, 0.25) is 10.0 Å². The van der Waals surface area contributed by atoms with Gasteiger partial charge in [-0.05, 0) is 49.2 Å². The van der Waals surface area contributed by atoms with Gasteiger partial charge in [0.15, 0.2) is 0 Å². The number of hydrogen-bond acceptors (Lipinski definition) is 2. The molecule has 106 valence electrons. The van der Waals surface area contributed by atoms with Gasteiger partial charge in [0, 0.05) is 10.0 Å². The lowest BCUT2D eigenvalue weighted by molar-refractivity contribution is -0.143. The zero-order valence-corrected chi connectivity index (χ0v) is 12.8. The molecular formula is C16H16Cl2O2. The molecule has 0 aliphatic rings. The van der Waals surface area contributed by atoms with Crippen molar-refractivity contribution in [3.8, 4) is 0 Å². The molecule has 2 rings (SSSR count). The van der Waals surface area contributed by atoms with Gasteiger partial charge in [-0.3, -0.25) is 0 Å². The average Bonchev–Trinajstić information content (AvgIpc) is 2.38. The van der Waals surface area contributed by atoms with Crippen molar-refractivity contribution in [3.63, 3.8) is 0 Å². The molecule has 0 unspecified atom stereocenters. The maximum atomic E-state index is 10.8. The Hall–Kier alpha value is -1.06. The van der Waals surface area contributed by atoms with Crippen LogP contribution in [0, 0.1) is 0 Å². The van der Waals surface area contributed by atoms with Crippen LogP contribution in [0.4, 0.5) is 0 Å². The molecule has 0 spiro atoms. The highest BCUT2D eigenvalue weighted by molar-refractivity contribution is 6.30. The molecule has 0 aliphatic heterocycles. The van der Waals surface area contributed by atoms with Gasteiger partial charge in [-0.25, -0.2) is 0 Å². The van der Waals surface area contributed by atoms with E-state index in [9.17, 15) is 10.2 Å². The summed E-state index contributed by atoms with van der Waals surface area (Å²) in [4.78, 5) is 0. The van der Waals surface area contributed by atoms with Crippen molar-refractivity contribution >= 4 is 23.2 Å². The van der Waals surface area contributed by atoms with Crippen molar-refractivity contribution in [2.45, 2.75) is 25.0 Å². The summed E-state index contributed by atoms with van der Waals surface area (Å²) >= 11 is 11.9. The summed E-state index contributed by atoms with van der Waals surface area (Å²) in [6, 6.07) is 13.6. The van der Waals surface area contributed by atoms with Gasteiger partial charge in [-0.1, -0.05) is 47.5 Å². The van der Waals surface area contributed by atoms with Gasteiger partial charge in [0.1, 0.15) is 11.2 Å². The zero-order valence-electron chi connectivity index (χ0n) is 11.3. The summed E-state index contributed by atoms with van der Waals surface area (Å²) in [5.41, 5.74) is -1.95. The highest BCUT2D eigenvalue weighted by atomic mass is 35.5. The van der Waals surface area contributed by atoms with Gasteiger partial charge in [-0.2, -0.15) is 0 Å². The second-order valence-electron chi connectivity index (χ2n) is 5.17. The first-order valence-electron chi connectivity index (χ1n) is 6.22. The molecule has 2 atom stereocenters. The molecule has 2 aromatic carbocycles. The molecule has 0 aliphatic carbocycles. The number of rotatable bonds is 3. The Balaban J connectivity index is 2.51. The maximum absolute atomic E-state index is 10.8. The van der Waals surface area contributed by atoms with Crippen LogP contribution in [0.3, 0.4) is 0 Å². The highest BCUT2D eigenvalue weighted by Gasteiger charge is 2.44. The zero-order chi connectivity index (χ0) is 15.0. The van der Waals surface area contributed by atoms with Gasteiger partial charge >= 0.3 is 0 Å². The SMILES string of the molecule is C[C@](O)(c1cccc(Cl)c1)[C@@](C)(O)c1cccc(Cl)c1. The molecule has 4 heteroatoms. The Morgan fingerprint density at radius 2 is 1.10 bits per heavy atom. The number of halogens is 2. The third-order valence-corrected chi connectivity index (χ3v) is 4.19. The van der Waals surface area contributed by atoms with E-state index in [0.717, 1.165) is 0 Å². The third-order valence-electron chi connectivity index (χ3n) is 3.72. The number of benzene rings is 2. The van der Waals surface area contributed by atoms with E-state index in [1.807, 2.05) is 0 Å². The van der Waals surface area contributed by atoms with Gasteiger partial charge in [0.25, 0.3) is 0 Å². The van der Waals surface area contributed by atoms with E-state index in [1.165, 1.54) is 0 Å². The van der Waals surface area contributed by atoms with Crippen LogP contribution in [0.1, 0.15) is 25.0 Å². The fraction of sp³-hybridized carbons (Fsp3) is 0.250. The minimum absolute atomic E-state index is 0.504. The lowest BCUT2D eigenvalue weighted by Gasteiger charge is -2.39. The van der Waals surface area contributed by atoms with Crippen LogP contribution in [-0.2, 0) is 11.2 Å². The minimum atomic E-state index is -1.51. The fourth-order valence-corrected chi connectivity index (χ4v) is 2.53. The Morgan fingerprint density at radius 1 is 0.750 bits per heavy atom. The first-order valence-corrected chi connectivity index (χ1v) is 6.97. The highest BCUT2D eigenvalue weighted by Crippen LogP contribution is 2.41. The number of hydrogen-bond donors (Lipinski definition) is 2. The van der Waals surface area contributed by atoms with Crippen molar-refractivity contribution in [1.82, 2.24) is 0 Å². The normalized spacial score (nSPS) is 17.3. The minimum Gasteiger partial charge on any atom is -0.382 e. The van der Waals surface area contributed by atoms with Crippen LogP contribution in [-0.4, -0.2) is 10.2 Å². The summed E-state index contributed by atoms with van der Waals surface area (Å²) in [7, 11) is 0. The van der Waals surface area contributed by atoms with Gasteiger partial charge < -0.3 is 10.2 Å². The summed E-state index contributed by atoms with van der Waals surface area (Å²) in [6.45, 7) is 3.11. The van der Waals surface area contributed by atoms with Crippen molar-refractivity contribution < 1.29 is 10.2 Å². The second-order valence-corrected chi connectivity index (χ2v) is 6.04. The first-order chi connectivity index (χ1) is 9.25. The van der Waals surface area contributed by atoms with E-state index in [-0.39, 0.29) is 0 Å². The molecular weight excluding hydrogens is 295 g/mol. The summed E-state index contributed by atoms with van der Waals surface area (Å²) in [5, 5.41) is 22.7. The van der Waals surface area contributed by atoms with E-state index in [1.54, 1.807) is 62.4 Å². The van der Waals surface area contributed by atoms with E-state index in [2.05, 4.69) is 0 Å². The predicted octanol–water partition coefficient (Wildman–Crippen LogP) is 4.11. The van der Waals surface area contributed by atoms with Crippen LogP contribution in [0.5, 0.6) is 0 Å². The Labute approximate surface area is 128 Å².